The summed E-state index contributed by atoms with van der Waals surface area (Å²) in [6.07, 6.45) is 0.0171. The molecule has 3 heterocycles. The number of nitrogens with zero attached hydrogens (tertiary/aromatic N) is 1. The average Bonchev–Trinajstić information content (AvgIpc) is 2.96. The third-order valence-electron chi connectivity index (χ3n) is 4.53. The summed E-state index contributed by atoms with van der Waals surface area (Å²) in [4.78, 5) is 28.5. The molecular weight excluding hydrogens is 298 g/mol. The number of fused-ring (bicyclic) bond motifs is 2. The van der Waals surface area contributed by atoms with E-state index in [9.17, 15) is 14.7 Å². The number of ether oxygens (including phenoxy) is 1. The first-order valence-corrected chi connectivity index (χ1v) is 7.63. The van der Waals surface area contributed by atoms with Gasteiger partial charge in [0.05, 0.1) is 30.0 Å². The van der Waals surface area contributed by atoms with E-state index in [-0.39, 0.29) is 17.7 Å². The van der Waals surface area contributed by atoms with Gasteiger partial charge < -0.3 is 25.0 Å². The second-order valence-electron chi connectivity index (χ2n) is 5.90. The lowest BCUT2D eigenvalue weighted by molar-refractivity contribution is 0.0212. The number of aromatic amines is 1. The summed E-state index contributed by atoms with van der Waals surface area (Å²) in [5.41, 5.74) is 0.343. The number of carboxylic acid groups (broad SMARTS) is 1. The van der Waals surface area contributed by atoms with Crippen LogP contribution in [0.5, 0.6) is 0 Å². The van der Waals surface area contributed by atoms with Crippen LogP contribution in [-0.2, 0) is 4.74 Å². The van der Waals surface area contributed by atoms with E-state index in [2.05, 4.69) is 10.3 Å². The Morgan fingerprint density at radius 2 is 2.13 bits per heavy atom. The number of hydrogen-bond donors (Lipinski definition) is 3. The molecule has 1 aromatic heterocycles. The molecule has 4 rings (SSSR count). The summed E-state index contributed by atoms with van der Waals surface area (Å²) in [7, 11) is 0. The quantitative estimate of drug-likeness (QED) is 0.743. The molecule has 3 N–H and O–H groups in total. The predicted octanol–water partition coefficient (Wildman–Crippen LogP) is 0.403. The van der Waals surface area contributed by atoms with E-state index in [4.69, 9.17) is 4.74 Å². The molecule has 7 heteroatoms. The minimum atomic E-state index is -1.21. The highest BCUT2D eigenvalue weighted by Gasteiger charge is 2.38. The molecule has 2 fully saturated rings. The Hall–Kier alpha value is -2.38. The van der Waals surface area contributed by atoms with Gasteiger partial charge in [0, 0.05) is 25.0 Å². The molecule has 7 nitrogen and oxygen atoms in total. The van der Waals surface area contributed by atoms with Gasteiger partial charge in [-0.2, -0.15) is 0 Å². The molecule has 0 saturated carbocycles. The molecule has 23 heavy (non-hydrogen) atoms. The molecule has 0 amide bonds. The molecule has 2 unspecified atom stereocenters. The van der Waals surface area contributed by atoms with Crippen molar-refractivity contribution in [3.63, 3.8) is 0 Å². The van der Waals surface area contributed by atoms with Gasteiger partial charge in [-0.25, -0.2) is 4.79 Å². The van der Waals surface area contributed by atoms with Crippen LogP contribution in [0, 0.1) is 0 Å². The smallest absolute Gasteiger partial charge is 0.343 e. The van der Waals surface area contributed by atoms with E-state index in [0.29, 0.717) is 30.9 Å². The number of anilines is 1. The fraction of sp³-hybridized carbons (Fsp3) is 0.375. The maximum Gasteiger partial charge on any atom is 0.343 e. The van der Waals surface area contributed by atoms with E-state index >= 15 is 0 Å². The summed E-state index contributed by atoms with van der Waals surface area (Å²) in [6, 6.07) is 7.43. The molecule has 1 aromatic carbocycles. The number of aromatic nitrogens is 1. The standard InChI is InChI=1S/C16H17N3O4/c20-15-13(16(21)22)14(9-3-1-2-4-10(9)18-15)19-7-11-12(8-19)23-6-5-17-11/h1-4,11-12,17H,5-8H2,(H,18,20)(H,21,22). The number of rotatable bonds is 2. The van der Waals surface area contributed by atoms with Gasteiger partial charge in [0.2, 0.25) is 0 Å². The molecule has 2 aromatic rings. The van der Waals surface area contributed by atoms with Crippen LogP contribution < -0.4 is 15.8 Å². The average molecular weight is 315 g/mol. The number of para-hydroxylation sites is 1. The first-order chi connectivity index (χ1) is 11.1. The van der Waals surface area contributed by atoms with Crippen LogP contribution in [0.25, 0.3) is 10.9 Å². The third kappa shape index (κ3) is 2.29. The number of pyridine rings is 1. The minimum Gasteiger partial charge on any atom is -0.477 e. The second kappa shape index (κ2) is 5.36. The summed E-state index contributed by atoms with van der Waals surface area (Å²) in [5.74, 6) is -1.21. The van der Waals surface area contributed by atoms with Crippen molar-refractivity contribution in [3.8, 4) is 0 Å². The molecule has 120 valence electrons. The molecule has 2 atom stereocenters. The summed E-state index contributed by atoms with van der Waals surface area (Å²) in [5, 5.41) is 13.7. The number of aromatic carboxylic acids is 1. The van der Waals surface area contributed by atoms with Gasteiger partial charge in [0.1, 0.15) is 5.56 Å². The maximum atomic E-state index is 12.3. The Bertz CT molecular complexity index is 818. The van der Waals surface area contributed by atoms with Crippen molar-refractivity contribution in [2.75, 3.05) is 31.1 Å². The Labute approximate surface area is 131 Å². The van der Waals surface area contributed by atoms with E-state index in [1.54, 1.807) is 6.07 Å². The number of morpholine rings is 1. The van der Waals surface area contributed by atoms with Crippen LogP contribution in [-0.4, -0.2) is 54.4 Å². The molecule has 2 aliphatic heterocycles. The zero-order chi connectivity index (χ0) is 16.0. The number of nitrogens with one attached hydrogen (secondary N) is 2. The first-order valence-electron chi connectivity index (χ1n) is 7.63. The van der Waals surface area contributed by atoms with E-state index in [0.717, 1.165) is 11.9 Å². The highest BCUT2D eigenvalue weighted by Crippen LogP contribution is 2.31. The predicted molar refractivity (Wildman–Crippen MR) is 85.3 cm³/mol. The highest BCUT2D eigenvalue weighted by atomic mass is 16.5. The lowest BCUT2D eigenvalue weighted by Crippen LogP contribution is -2.47. The Morgan fingerprint density at radius 3 is 2.91 bits per heavy atom. The van der Waals surface area contributed by atoms with Crippen molar-refractivity contribution >= 4 is 22.6 Å². The fourth-order valence-electron chi connectivity index (χ4n) is 3.53. The number of carboxylic acids is 1. The normalized spacial score (nSPS) is 23.9. The number of carbonyl (C=O) groups is 1. The fourth-order valence-corrected chi connectivity index (χ4v) is 3.53. The van der Waals surface area contributed by atoms with Gasteiger partial charge in [0.15, 0.2) is 0 Å². The topological polar surface area (TPSA) is 94.7 Å². The third-order valence-corrected chi connectivity index (χ3v) is 4.53. The molecule has 0 bridgehead atoms. The number of H-pyrrole nitrogens is 1. The lowest BCUT2D eigenvalue weighted by Gasteiger charge is -2.25. The van der Waals surface area contributed by atoms with Crippen LogP contribution in [0.15, 0.2) is 29.1 Å². The zero-order valence-electron chi connectivity index (χ0n) is 12.4. The summed E-state index contributed by atoms with van der Waals surface area (Å²) >= 11 is 0. The molecular formula is C16H17N3O4. The van der Waals surface area contributed by atoms with Gasteiger partial charge in [-0.15, -0.1) is 0 Å². The molecule has 0 aliphatic carbocycles. The largest absolute Gasteiger partial charge is 0.477 e. The molecule has 2 aliphatic rings. The van der Waals surface area contributed by atoms with Crippen LogP contribution >= 0.6 is 0 Å². The second-order valence-corrected chi connectivity index (χ2v) is 5.90. The van der Waals surface area contributed by atoms with Crippen molar-refractivity contribution in [2.24, 2.45) is 0 Å². The van der Waals surface area contributed by atoms with Gasteiger partial charge in [-0.05, 0) is 6.07 Å². The van der Waals surface area contributed by atoms with Crippen molar-refractivity contribution in [2.45, 2.75) is 12.1 Å². The van der Waals surface area contributed by atoms with Crippen LogP contribution in [0.1, 0.15) is 10.4 Å². The Morgan fingerprint density at radius 1 is 1.30 bits per heavy atom. The van der Waals surface area contributed by atoms with E-state index in [1.165, 1.54) is 0 Å². The molecule has 0 radical (unpaired) electrons. The van der Waals surface area contributed by atoms with Crippen molar-refractivity contribution in [1.29, 1.82) is 0 Å². The molecule has 0 spiro atoms. The van der Waals surface area contributed by atoms with E-state index < -0.39 is 11.5 Å². The summed E-state index contributed by atoms with van der Waals surface area (Å²) in [6.45, 7) is 2.64. The van der Waals surface area contributed by atoms with Gasteiger partial charge >= 0.3 is 5.97 Å². The monoisotopic (exact) mass is 315 g/mol. The maximum absolute atomic E-state index is 12.3. The van der Waals surface area contributed by atoms with Gasteiger partial charge in [0.25, 0.3) is 5.56 Å². The highest BCUT2D eigenvalue weighted by molar-refractivity contribution is 6.04. The Balaban J connectivity index is 1.89. The van der Waals surface area contributed by atoms with Crippen LogP contribution in [0.3, 0.4) is 0 Å². The summed E-state index contributed by atoms with van der Waals surface area (Å²) < 4.78 is 5.76. The van der Waals surface area contributed by atoms with Crippen LogP contribution in [0.4, 0.5) is 5.69 Å². The zero-order valence-corrected chi connectivity index (χ0v) is 12.4. The van der Waals surface area contributed by atoms with Crippen molar-refractivity contribution in [3.05, 3.63) is 40.2 Å². The Kier molecular flexibility index (Phi) is 3.32. The minimum absolute atomic E-state index is 0.0171. The SMILES string of the molecule is O=C(O)c1c(N2CC3NCCOC3C2)c2ccccc2[nH]c1=O. The number of benzene rings is 1. The number of hydrogen-bond acceptors (Lipinski definition) is 5. The van der Waals surface area contributed by atoms with Gasteiger partial charge in [-0.3, -0.25) is 4.79 Å². The van der Waals surface area contributed by atoms with Crippen LogP contribution in [0.2, 0.25) is 0 Å². The molecule has 2 saturated heterocycles. The van der Waals surface area contributed by atoms with Crippen molar-refractivity contribution < 1.29 is 14.6 Å². The lowest BCUT2D eigenvalue weighted by atomic mass is 10.1. The van der Waals surface area contributed by atoms with Crippen molar-refractivity contribution in [1.82, 2.24) is 10.3 Å². The van der Waals surface area contributed by atoms with Gasteiger partial charge in [-0.1, -0.05) is 18.2 Å². The first kappa shape index (κ1) is 14.2. The van der Waals surface area contributed by atoms with E-state index in [1.807, 2.05) is 23.1 Å².